The summed E-state index contributed by atoms with van der Waals surface area (Å²) in [5.74, 6) is 0. The molecule has 0 N–H and O–H groups in total. The van der Waals surface area contributed by atoms with Crippen molar-refractivity contribution >= 4 is 26.8 Å². The lowest BCUT2D eigenvalue weighted by molar-refractivity contribution is 0.653. The number of para-hydroxylation sites is 1. The number of aromatic nitrogens is 1. The summed E-state index contributed by atoms with van der Waals surface area (Å²) in [7, 11) is 0. The van der Waals surface area contributed by atoms with Crippen molar-refractivity contribution in [3.8, 4) is 0 Å². The van der Waals surface area contributed by atoms with E-state index in [-0.39, 0.29) is 0 Å². The fraction of sp³-hybridized carbons (Fsp3) is 0.429. The van der Waals surface area contributed by atoms with Crippen molar-refractivity contribution in [1.29, 1.82) is 0 Å². The van der Waals surface area contributed by atoms with Crippen LogP contribution in [0.4, 0.5) is 0 Å². The zero-order valence-corrected chi connectivity index (χ0v) is 11.3. The van der Waals surface area contributed by atoms with Crippen LogP contribution in [0.15, 0.2) is 30.5 Å². The average molecular weight is 280 g/mol. The Kier molecular flexibility index (Phi) is 4.05. The van der Waals surface area contributed by atoms with Gasteiger partial charge in [0.2, 0.25) is 0 Å². The largest absolute Gasteiger partial charge is 0.347 e. The molecule has 0 aliphatic carbocycles. The monoisotopic (exact) mass is 279 g/mol. The number of hydrogen-bond acceptors (Lipinski definition) is 0. The molecule has 0 aliphatic heterocycles. The number of rotatable bonds is 5. The van der Waals surface area contributed by atoms with Gasteiger partial charge in [-0.1, -0.05) is 41.1 Å². The minimum absolute atomic E-state index is 1.10. The van der Waals surface area contributed by atoms with E-state index in [9.17, 15) is 0 Å². The summed E-state index contributed by atoms with van der Waals surface area (Å²) in [6.07, 6.45) is 5.92. The zero-order chi connectivity index (χ0) is 11.4. The van der Waals surface area contributed by atoms with Gasteiger partial charge in [0.15, 0.2) is 0 Å². The van der Waals surface area contributed by atoms with Gasteiger partial charge in [0.05, 0.1) is 0 Å². The second kappa shape index (κ2) is 5.53. The smallest absolute Gasteiger partial charge is 0.0483 e. The average Bonchev–Trinajstić information content (AvgIpc) is 2.68. The molecule has 0 amide bonds. The quantitative estimate of drug-likeness (QED) is 0.566. The fourth-order valence-electron chi connectivity index (χ4n) is 2.17. The van der Waals surface area contributed by atoms with Crippen LogP contribution in [0.2, 0.25) is 0 Å². The maximum Gasteiger partial charge on any atom is 0.0483 e. The van der Waals surface area contributed by atoms with Crippen molar-refractivity contribution in [3.63, 3.8) is 0 Å². The lowest BCUT2D eigenvalue weighted by Crippen LogP contribution is -1.96. The third-order valence-electron chi connectivity index (χ3n) is 3.03. The molecule has 0 bridgehead atoms. The molecule has 0 fully saturated rings. The number of benzene rings is 1. The normalized spacial score (nSPS) is 11.1. The van der Waals surface area contributed by atoms with E-state index >= 15 is 0 Å². The highest BCUT2D eigenvalue weighted by molar-refractivity contribution is 9.09. The van der Waals surface area contributed by atoms with Crippen molar-refractivity contribution in [1.82, 2.24) is 4.57 Å². The van der Waals surface area contributed by atoms with Gasteiger partial charge in [0.25, 0.3) is 0 Å². The molecule has 2 heteroatoms. The molecule has 0 saturated heterocycles. The van der Waals surface area contributed by atoms with Gasteiger partial charge >= 0.3 is 0 Å². The highest BCUT2D eigenvalue weighted by atomic mass is 79.9. The Morgan fingerprint density at radius 2 is 2.00 bits per heavy atom. The number of alkyl halides is 1. The maximum atomic E-state index is 3.48. The number of unbranched alkanes of at least 4 members (excludes halogenated alkanes) is 1. The Morgan fingerprint density at radius 3 is 2.75 bits per heavy atom. The molecular formula is C14H18BrN. The van der Waals surface area contributed by atoms with Crippen molar-refractivity contribution < 1.29 is 0 Å². The first-order valence-electron chi connectivity index (χ1n) is 5.99. The van der Waals surface area contributed by atoms with Gasteiger partial charge in [-0.2, -0.15) is 0 Å². The van der Waals surface area contributed by atoms with Crippen LogP contribution >= 0.6 is 15.9 Å². The van der Waals surface area contributed by atoms with Crippen LogP contribution < -0.4 is 0 Å². The van der Waals surface area contributed by atoms with Gasteiger partial charge in [0, 0.05) is 29.0 Å². The third-order valence-corrected chi connectivity index (χ3v) is 3.60. The summed E-state index contributed by atoms with van der Waals surface area (Å²) in [6.45, 7) is 3.36. The topological polar surface area (TPSA) is 4.93 Å². The van der Waals surface area contributed by atoms with E-state index in [0.29, 0.717) is 0 Å². The van der Waals surface area contributed by atoms with E-state index in [2.05, 4.69) is 57.9 Å². The first kappa shape index (κ1) is 11.7. The summed E-state index contributed by atoms with van der Waals surface area (Å²) >= 11 is 3.48. The molecule has 0 spiro atoms. The molecule has 0 radical (unpaired) electrons. The number of halogens is 1. The summed E-state index contributed by atoms with van der Waals surface area (Å²) in [5.41, 5.74) is 2.85. The first-order valence-corrected chi connectivity index (χ1v) is 7.11. The standard InChI is InChI=1S/C14H18BrN/c1-2-12-11-16(10-6-5-9-15)14-8-4-3-7-13(12)14/h3-4,7-8,11H,2,5-6,9-10H2,1H3. The summed E-state index contributed by atoms with van der Waals surface area (Å²) in [4.78, 5) is 0. The van der Waals surface area contributed by atoms with Crippen LogP contribution in [0.25, 0.3) is 10.9 Å². The van der Waals surface area contributed by atoms with E-state index in [1.807, 2.05) is 0 Å². The molecule has 0 saturated carbocycles. The Bertz CT molecular complexity index is 459. The van der Waals surface area contributed by atoms with Crippen LogP contribution in [-0.2, 0) is 13.0 Å². The third kappa shape index (κ3) is 2.32. The number of fused-ring (bicyclic) bond motifs is 1. The Hall–Kier alpha value is -0.760. The second-order valence-corrected chi connectivity index (χ2v) is 4.91. The summed E-state index contributed by atoms with van der Waals surface area (Å²) in [6, 6.07) is 8.71. The highest BCUT2D eigenvalue weighted by Crippen LogP contribution is 2.22. The van der Waals surface area contributed by atoms with Gasteiger partial charge in [-0.05, 0) is 30.9 Å². The molecule has 86 valence electrons. The molecule has 1 aromatic carbocycles. The van der Waals surface area contributed by atoms with Crippen molar-refractivity contribution in [2.45, 2.75) is 32.7 Å². The molecule has 16 heavy (non-hydrogen) atoms. The maximum absolute atomic E-state index is 3.48. The fourth-order valence-corrected chi connectivity index (χ4v) is 2.56. The Balaban J connectivity index is 2.30. The first-order chi connectivity index (χ1) is 7.86. The molecular weight excluding hydrogens is 262 g/mol. The molecule has 1 heterocycles. The van der Waals surface area contributed by atoms with Crippen molar-refractivity contribution in [3.05, 3.63) is 36.0 Å². The Morgan fingerprint density at radius 1 is 1.19 bits per heavy atom. The number of nitrogens with zero attached hydrogens (tertiary/aromatic N) is 1. The lowest BCUT2D eigenvalue weighted by atomic mass is 10.1. The molecule has 0 unspecified atom stereocenters. The Labute approximate surface area is 106 Å². The zero-order valence-electron chi connectivity index (χ0n) is 9.75. The second-order valence-electron chi connectivity index (χ2n) is 4.11. The van der Waals surface area contributed by atoms with E-state index in [0.717, 1.165) is 18.3 Å². The molecule has 1 aromatic heterocycles. The molecule has 2 aromatic rings. The number of aryl methyl sites for hydroxylation is 2. The van der Waals surface area contributed by atoms with E-state index in [1.165, 1.54) is 29.3 Å². The summed E-state index contributed by atoms with van der Waals surface area (Å²) in [5, 5.41) is 2.52. The van der Waals surface area contributed by atoms with Crippen LogP contribution in [0, 0.1) is 0 Å². The van der Waals surface area contributed by atoms with E-state index < -0.39 is 0 Å². The van der Waals surface area contributed by atoms with Crippen LogP contribution in [0.5, 0.6) is 0 Å². The van der Waals surface area contributed by atoms with Crippen molar-refractivity contribution in [2.75, 3.05) is 5.33 Å². The van der Waals surface area contributed by atoms with Gasteiger partial charge in [-0.3, -0.25) is 0 Å². The van der Waals surface area contributed by atoms with Crippen LogP contribution in [-0.4, -0.2) is 9.90 Å². The highest BCUT2D eigenvalue weighted by Gasteiger charge is 2.05. The predicted octanol–water partition coefficient (Wildman–Crippen LogP) is 4.38. The number of hydrogen-bond donors (Lipinski definition) is 0. The molecule has 0 aliphatic rings. The summed E-state index contributed by atoms with van der Waals surface area (Å²) < 4.78 is 2.40. The van der Waals surface area contributed by atoms with Gasteiger partial charge < -0.3 is 4.57 Å². The molecule has 1 nitrogen and oxygen atoms in total. The molecule has 2 rings (SSSR count). The molecule has 0 atom stereocenters. The lowest BCUT2D eigenvalue weighted by Gasteiger charge is -2.03. The van der Waals surface area contributed by atoms with Gasteiger partial charge in [-0.25, -0.2) is 0 Å². The minimum atomic E-state index is 1.10. The van der Waals surface area contributed by atoms with Crippen LogP contribution in [0.1, 0.15) is 25.3 Å². The van der Waals surface area contributed by atoms with Gasteiger partial charge in [-0.15, -0.1) is 0 Å². The van der Waals surface area contributed by atoms with Crippen LogP contribution in [0.3, 0.4) is 0 Å². The van der Waals surface area contributed by atoms with Crippen molar-refractivity contribution in [2.24, 2.45) is 0 Å². The van der Waals surface area contributed by atoms with E-state index in [4.69, 9.17) is 0 Å². The SMILES string of the molecule is CCc1cn(CCCCBr)c2ccccc12. The predicted molar refractivity (Wildman–Crippen MR) is 74.3 cm³/mol. The van der Waals surface area contributed by atoms with Gasteiger partial charge in [0.1, 0.15) is 0 Å². The van der Waals surface area contributed by atoms with E-state index in [1.54, 1.807) is 0 Å². The minimum Gasteiger partial charge on any atom is -0.347 e.